The van der Waals surface area contributed by atoms with Crippen LogP contribution >= 0.6 is 0 Å². The summed E-state index contributed by atoms with van der Waals surface area (Å²) in [6, 6.07) is 9.47. The molecule has 0 aliphatic rings. The third-order valence-corrected chi connectivity index (χ3v) is 3.04. The third-order valence-electron chi connectivity index (χ3n) is 3.04. The van der Waals surface area contributed by atoms with Gasteiger partial charge in [-0.15, -0.1) is 0 Å². The number of nitrogens with one attached hydrogen (secondary N) is 1. The summed E-state index contributed by atoms with van der Waals surface area (Å²) in [5.74, 6) is -0.0746. The van der Waals surface area contributed by atoms with Crippen molar-refractivity contribution >= 4 is 16.8 Å². The number of methoxy groups -OCH3 is 1. The molecule has 1 unspecified atom stereocenters. The number of benzene rings is 1. The fourth-order valence-corrected chi connectivity index (χ4v) is 2.16. The van der Waals surface area contributed by atoms with Crippen molar-refractivity contribution in [1.82, 2.24) is 9.88 Å². The van der Waals surface area contributed by atoms with Crippen molar-refractivity contribution in [3.8, 4) is 6.07 Å². The first-order chi connectivity index (χ1) is 9.63. The summed E-state index contributed by atoms with van der Waals surface area (Å²) in [6.07, 6.45) is 1.85. The minimum atomic E-state index is -0.0746. The number of hydrogen-bond acceptors (Lipinski definition) is 3. The van der Waals surface area contributed by atoms with E-state index in [2.05, 4.69) is 11.4 Å². The maximum Gasteiger partial charge on any atom is 0.240 e. The van der Waals surface area contributed by atoms with Crippen molar-refractivity contribution < 1.29 is 9.53 Å². The summed E-state index contributed by atoms with van der Waals surface area (Å²) in [7, 11) is 1.60. The molecule has 2 rings (SSSR count). The summed E-state index contributed by atoms with van der Waals surface area (Å²) in [4.78, 5) is 11.9. The Bertz CT molecular complexity index is 655. The number of ether oxygens (including phenoxy) is 1. The highest BCUT2D eigenvalue weighted by molar-refractivity contribution is 5.84. The lowest BCUT2D eigenvalue weighted by molar-refractivity contribution is -0.122. The number of nitrogens with zero attached hydrogens (tertiary/aromatic N) is 2. The highest BCUT2D eigenvalue weighted by Crippen LogP contribution is 2.17. The van der Waals surface area contributed by atoms with E-state index in [0.29, 0.717) is 12.2 Å². The van der Waals surface area contributed by atoms with E-state index in [1.807, 2.05) is 29.8 Å². The SMILES string of the molecule is COCC(C)NC(=O)Cn1ccc2ccc(C#N)cc21. The van der Waals surface area contributed by atoms with Gasteiger partial charge >= 0.3 is 0 Å². The molecule has 104 valence electrons. The van der Waals surface area contributed by atoms with E-state index in [-0.39, 0.29) is 18.5 Å². The van der Waals surface area contributed by atoms with Gasteiger partial charge in [0.1, 0.15) is 6.54 Å². The van der Waals surface area contributed by atoms with Crippen LogP contribution in [0.4, 0.5) is 0 Å². The van der Waals surface area contributed by atoms with Crippen LogP contribution in [0.15, 0.2) is 30.5 Å². The molecule has 20 heavy (non-hydrogen) atoms. The average molecular weight is 271 g/mol. The first-order valence-corrected chi connectivity index (χ1v) is 6.41. The molecule has 0 bridgehead atoms. The van der Waals surface area contributed by atoms with Crippen molar-refractivity contribution in [2.24, 2.45) is 0 Å². The molecule has 0 saturated heterocycles. The molecule has 5 nitrogen and oxygen atoms in total. The highest BCUT2D eigenvalue weighted by Gasteiger charge is 2.09. The molecule has 0 saturated carbocycles. The number of aromatic nitrogens is 1. The quantitative estimate of drug-likeness (QED) is 0.899. The summed E-state index contributed by atoms with van der Waals surface area (Å²) in [5, 5.41) is 12.8. The number of fused-ring (bicyclic) bond motifs is 1. The first kappa shape index (κ1) is 14.1. The Hall–Kier alpha value is -2.32. The largest absolute Gasteiger partial charge is 0.383 e. The van der Waals surface area contributed by atoms with E-state index < -0.39 is 0 Å². The van der Waals surface area contributed by atoms with Crippen molar-refractivity contribution in [2.75, 3.05) is 13.7 Å². The summed E-state index contributed by atoms with van der Waals surface area (Å²) in [6.45, 7) is 2.60. The van der Waals surface area contributed by atoms with Gasteiger partial charge in [0.2, 0.25) is 5.91 Å². The molecule has 5 heteroatoms. The van der Waals surface area contributed by atoms with Gasteiger partial charge in [0.05, 0.1) is 18.2 Å². The zero-order valence-electron chi connectivity index (χ0n) is 11.6. The minimum absolute atomic E-state index is 0.0241. The van der Waals surface area contributed by atoms with Gasteiger partial charge in [0, 0.05) is 24.9 Å². The number of hydrogen-bond donors (Lipinski definition) is 1. The van der Waals surface area contributed by atoms with Crippen molar-refractivity contribution in [2.45, 2.75) is 19.5 Å². The molecular weight excluding hydrogens is 254 g/mol. The summed E-state index contributed by atoms with van der Waals surface area (Å²) < 4.78 is 6.82. The monoisotopic (exact) mass is 271 g/mol. The number of rotatable bonds is 5. The van der Waals surface area contributed by atoms with Crippen molar-refractivity contribution in [3.05, 3.63) is 36.0 Å². The number of carbonyl (C=O) groups is 1. The number of amides is 1. The second-order valence-electron chi connectivity index (χ2n) is 4.75. The normalized spacial score (nSPS) is 12.1. The molecule has 1 aromatic heterocycles. The van der Waals surface area contributed by atoms with Crippen molar-refractivity contribution in [3.63, 3.8) is 0 Å². The van der Waals surface area contributed by atoms with Crippen molar-refractivity contribution in [1.29, 1.82) is 5.26 Å². The fourth-order valence-electron chi connectivity index (χ4n) is 2.16. The zero-order chi connectivity index (χ0) is 14.5. The Balaban J connectivity index is 2.13. The van der Waals surface area contributed by atoms with Gasteiger partial charge in [-0.05, 0) is 30.5 Å². The van der Waals surface area contributed by atoms with Crippen LogP contribution in [-0.4, -0.2) is 30.2 Å². The Morgan fingerprint density at radius 1 is 1.50 bits per heavy atom. The van der Waals surface area contributed by atoms with E-state index in [1.54, 1.807) is 19.2 Å². The molecule has 0 aliphatic heterocycles. The fraction of sp³-hybridized carbons (Fsp3) is 0.333. The van der Waals surface area contributed by atoms with E-state index >= 15 is 0 Å². The van der Waals surface area contributed by atoms with E-state index in [0.717, 1.165) is 10.9 Å². The van der Waals surface area contributed by atoms with Crippen LogP contribution in [0.2, 0.25) is 0 Å². The van der Waals surface area contributed by atoms with Gasteiger partial charge in [-0.2, -0.15) is 5.26 Å². The second-order valence-corrected chi connectivity index (χ2v) is 4.75. The Labute approximate surface area is 117 Å². The minimum Gasteiger partial charge on any atom is -0.383 e. The van der Waals surface area contributed by atoms with Crippen LogP contribution in [0.3, 0.4) is 0 Å². The van der Waals surface area contributed by atoms with Gasteiger partial charge in [-0.3, -0.25) is 4.79 Å². The third kappa shape index (κ3) is 3.16. The standard InChI is InChI=1S/C15H17N3O2/c1-11(10-20-2)17-15(19)9-18-6-5-13-4-3-12(8-16)7-14(13)18/h3-7,11H,9-10H2,1-2H3,(H,17,19). The summed E-state index contributed by atoms with van der Waals surface area (Å²) >= 11 is 0. The van der Waals surface area contributed by atoms with Crippen LogP contribution in [0.25, 0.3) is 10.9 Å². The highest BCUT2D eigenvalue weighted by atomic mass is 16.5. The van der Waals surface area contributed by atoms with Gasteiger partial charge in [0.25, 0.3) is 0 Å². The maximum atomic E-state index is 11.9. The van der Waals surface area contributed by atoms with E-state index in [4.69, 9.17) is 10.00 Å². The molecular formula is C15H17N3O2. The van der Waals surface area contributed by atoms with Gasteiger partial charge < -0.3 is 14.6 Å². The Morgan fingerprint density at radius 3 is 3.00 bits per heavy atom. The Morgan fingerprint density at radius 2 is 2.30 bits per heavy atom. The first-order valence-electron chi connectivity index (χ1n) is 6.41. The predicted octanol–water partition coefficient (Wildman–Crippen LogP) is 1.66. The Kier molecular flexibility index (Phi) is 4.38. The molecule has 1 heterocycles. The molecule has 0 aliphatic carbocycles. The maximum absolute atomic E-state index is 11.9. The molecule has 1 aromatic carbocycles. The smallest absolute Gasteiger partial charge is 0.240 e. The molecule has 0 spiro atoms. The van der Waals surface area contributed by atoms with Gasteiger partial charge in [0.15, 0.2) is 0 Å². The summed E-state index contributed by atoms with van der Waals surface area (Å²) in [5.41, 5.74) is 1.48. The molecule has 0 fully saturated rings. The van der Waals surface area contributed by atoms with Crippen LogP contribution in [-0.2, 0) is 16.1 Å². The molecule has 1 atom stereocenters. The molecule has 2 aromatic rings. The lowest BCUT2D eigenvalue weighted by Gasteiger charge is -2.13. The predicted molar refractivity (Wildman–Crippen MR) is 76.1 cm³/mol. The molecule has 1 amide bonds. The van der Waals surface area contributed by atoms with Crippen LogP contribution in [0.5, 0.6) is 0 Å². The molecule has 1 N–H and O–H groups in total. The number of carbonyl (C=O) groups excluding carboxylic acids is 1. The van der Waals surface area contributed by atoms with Crippen LogP contribution in [0, 0.1) is 11.3 Å². The second kappa shape index (κ2) is 6.22. The van der Waals surface area contributed by atoms with Crippen LogP contribution in [0.1, 0.15) is 12.5 Å². The average Bonchev–Trinajstić information content (AvgIpc) is 2.81. The van der Waals surface area contributed by atoms with Crippen LogP contribution < -0.4 is 5.32 Å². The zero-order valence-corrected chi connectivity index (χ0v) is 11.6. The lowest BCUT2D eigenvalue weighted by atomic mass is 10.2. The van der Waals surface area contributed by atoms with E-state index in [9.17, 15) is 4.79 Å². The van der Waals surface area contributed by atoms with E-state index in [1.165, 1.54) is 0 Å². The lowest BCUT2D eigenvalue weighted by Crippen LogP contribution is -2.37. The molecule has 0 radical (unpaired) electrons. The number of nitriles is 1. The topological polar surface area (TPSA) is 67.0 Å². The van der Waals surface area contributed by atoms with Gasteiger partial charge in [-0.1, -0.05) is 6.07 Å². The van der Waals surface area contributed by atoms with Gasteiger partial charge in [-0.25, -0.2) is 0 Å².